The minimum Gasteiger partial charge on any atom is -0.367 e. The molecule has 0 bridgehead atoms. The first kappa shape index (κ1) is 15.9. The number of aromatic nitrogens is 2. The summed E-state index contributed by atoms with van der Waals surface area (Å²) in [5, 5.41) is 3.60. The van der Waals surface area contributed by atoms with E-state index in [1.807, 2.05) is 0 Å². The van der Waals surface area contributed by atoms with Crippen molar-refractivity contribution in [3.05, 3.63) is 46.2 Å². The Labute approximate surface area is 151 Å². The number of hydrogen-bond acceptors (Lipinski definition) is 4. The molecule has 126 valence electrons. The van der Waals surface area contributed by atoms with Crippen molar-refractivity contribution in [3.8, 4) is 0 Å². The summed E-state index contributed by atoms with van der Waals surface area (Å²) in [7, 11) is 0. The first-order chi connectivity index (χ1) is 11.8. The molecule has 1 fully saturated rings. The molecule has 0 amide bonds. The fourth-order valence-electron chi connectivity index (χ4n) is 3.78. The van der Waals surface area contributed by atoms with Gasteiger partial charge in [-0.2, -0.15) is 0 Å². The Morgan fingerprint density at radius 3 is 2.79 bits per heavy atom. The van der Waals surface area contributed by atoms with Gasteiger partial charge in [-0.15, -0.1) is 0 Å². The fraction of sp³-hybridized carbons (Fsp3) is 0.474. The van der Waals surface area contributed by atoms with Crippen molar-refractivity contribution in [3.63, 3.8) is 0 Å². The molecule has 4 nitrogen and oxygen atoms in total. The van der Waals surface area contributed by atoms with E-state index in [4.69, 9.17) is 0 Å². The Hall–Kier alpha value is -1.62. The molecule has 1 aliphatic heterocycles. The van der Waals surface area contributed by atoms with Crippen molar-refractivity contribution in [1.29, 1.82) is 0 Å². The predicted molar refractivity (Wildman–Crippen MR) is 101 cm³/mol. The maximum Gasteiger partial charge on any atom is 0.134 e. The summed E-state index contributed by atoms with van der Waals surface area (Å²) in [6.45, 7) is 1.92. The van der Waals surface area contributed by atoms with Crippen LogP contribution in [0.5, 0.6) is 0 Å². The van der Waals surface area contributed by atoms with Gasteiger partial charge in [0, 0.05) is 29.7 Å². The van der Waals surface area contributed by atoms with E-state index in [0.29, 0.717) is 6.04 Å². The molecule has 2 aliphatic rings. The molecule has 2 heterocycles. The first-order valence-electron chi connectivity index (χ1n) is 8.89. The minimum absolute atomic E-state index is 0.569. The van der Waals surface area contributed by atoms with Crippen LogP contribution in [0.15, 0.2) is 35.1 Å². The molecule has 0 spiro atoms. The quantitative estimate of drug-likeness (QED) is 0.839. The van der Waals surface area contributed by atoms with Crippen LogP contribution in [0.3, 0.4) is 0 Å². The van der Waals surface area contributed by atoms with Crippen LogP contribution in [-0.4, -0.2) is 22.6 Å². The van der Waals surface area contributed by atoms with E-state index in [2.05, 4.69) is 60.4 Å². The van der Waals surface area contributed by atoms with E-state index in [9.17, 15) is 0 Å². The Morgan fingerprint density at radius 2 is 1.92 bits per heavy atom. The van der Waals surface area contributed by atoms with Gasteiger partial charge in [0.05, 0.1) is 0 Å². The van der Waals surface area contributed by atoms with Crippen molar-refractivity contribution in [2.75, 3.05) is 16.8 Å². The average Bonchev–Trinajstić information content (AvgIpc) is 2.62. The third-order valence-electron chi connectivity index (χ3n) is 5.11. The lowest BCUT2D eigenvalue weighted by molar-refractivity contribution is 0.462. The van der Waals surface area contributed by atoms with Crippen LogP contribution in [0.4, 0.5) is 11.6 Å². The number of rotatable bonds is 3. The number of nitrogens with zero attached hydrogens (tertiary/aromatic N) is 3. The van der Waals surface area contributed by atoms with Crippen LogP contribution in [0.1, 0.15) is 43.2 Å². The van der Waals surface area contributed by atoms with Gasteiger partial charge in [0.25, 0.3) is 0 Å². The minimum atomic E-state index is 0.569. The molecule has 1 aromatic heterocycles. The smallest absolute Gasteiger partial charge is 0.134 e. The first-order valence-corrected chi connectivity index (χ1v) is 9.68. The molecule has 1 aliphatic carbocycles. The number of halogens is 1. The second-order valence-corrected chi connectivity index (χ2v) is 7.74. The van der Waals surface area contributed by atoms with Crippen molar-refractivity contribution in [2.45, 2.75) is 51.1 Å². The van der Waals surface area contributed by atoms with Crippen molar-refractivity contribution < 1.29 is 0 Å². The maximum atomic E-state index is 4.51. The second-order valence-electron chi connectivity index (χ2n) is 6.83. The SMILES string of the molecule is Brc1ccc2c(c1)CN(c1cc(NC3CCCCC3)ncn1)CC2. The molecule has 0 unspecified atom stereocenters. The number of anilines is 2. The Balaban J connectivity index is 1.49. The molecule has 0 radical (unpaired) electrons. The molecule has 1 aromatic carbocycles. The van der Waals surface area contributed by atoms with Crippen LogP contribution in [0.2, 0.25) is 0 Å². The maximum absolute atomic E-state index is 4.51. The Bertz CT molecular complexity index is 712. The van der Waals surface area contributed by atoms with Crippen molar-refractivity contribution in [2.24, 2.45) is 0 Å². The van der Waals surface area contributed by atoms with Crippen molar-refractivity contribution in [1.82, 2.24) is 9.97 Å². The third-order valence-corrected chi connectivity index (χ3v) is 5.61. The summed E-state index contributed by atoms with van der Waals surface area (Å²) in [5.74, 6) is 1.99. The van der Waals surface area contributed by atoms with Gasteiger partial charge in [0.2, 0.25) is 0 Å². The molecular weight excluding hydrogens is 364 g/mol. The van der Waals surface area contributed by atoms with Crippen LogP contribution in [0.25, 0.3) is 0 Å². The molecule has 4 rings (SSSR count). The summed E-state index contributed by atoms with van der Waals surface area (Å²) >= 11 is 3.58. The van der Waals surface area contributed by atoms with Gasteiger partial charge >= 0.3 is 0 Å². The standard InChI is InChI=1S/C19H23BrN4/c20-16-7-6-14-8-9-24(12-15(14)10-16)19-11-18(21-13-22-19)23-17-4-2-1-3-5-17/h6-7,10-11,13,17H,1-5,8-9,12H2,(H,21,22,23). The van der Waals surface area contributed by atoms with Crippen molar-refractivity contribution >= 4 is 27.6 Å². The van der Waals surface area contributed by atoms with Crippen LogP contribution < -0.4 is 10.2 Å². The van der Waals surface area contributed by atoms with E-state index in [1.54, 1.807) is 6.33 Å². The highest BCUT2D eigenvalue weighted by Crippen LogP contribution is 2.27. The van der Waals surface area contributed by atoms with E-state index >= 15 is 0 Å². The van der Waals surface area contributed by atoms with E-state index in [-0.39, 0.29) is 0 Å². The lowest BCUT2D eigenvalue weighted by Gasteiger charge is -2.30. The number of hydrogen-bond donors (Lipinski definition) is 1. The van der Waals surface area contributed by atoms with E-state index < -0.39 is 0 Å². The highest BCUT2D eigenvalue weighted by Gasteiger charge is 2.19. The molecule has 1 N–H and O–H groups in total. The number of benzene rings is 1. The van der Waals surface area contributed by atoms with Gasteiger partial charge in [0.15, 0.2) is 0 Å². The largest absolute Gasteiger partial charge is 0.367 e. The third kappa shape index (κ3) is 3.56. The summed E-state index contributed by atoms with van der Waals surface area (Å²) in [4.78, 5) is 11.3. The predicted octanol–water partition coefficient (Wildman–Crippen LogP) is 4.55. The highest BCUT2D eigenvalue weighted by atomic mass is 79.9. The molecular formula is C19H23BrN4. The van der Waals surface area contributed by atoms with Gasteiger partial charge in [-0.05, 0) is 42.5 Å². The number of fused-ring (bicyclic) bond motifs is 1. The summed E-state index contributed by atoms with van der Waals surface area (Å²) in [5.41, 5.74) is 2.83. The average molecular weight is 387 g/mol. The van der Waals surface area contributed by atoms with Gasteiger partial charge < -0.3 is 10.2 Å². The lowest BCUT2D eigenvalue weighted by atomic mass is 9.95. The zero-order valence-electron chi connectivity index (χ0n) is 13.8. The van der Waals surface area contributed by atoms with Crippen LogP contribution >= 0.6 is 15.9 Å². The Kier molecular flexibility index (Phi) is 4.69. The summed E-state index contributed by atoms with van der Waals surface area (Å²) in [6, 6.07) is 9.26. The zero-order valence-corrected chi connectivity index (χ0v) is 15.4. The Morgan fingerprint density at radius 1 is 1.04 bits per heavy atom. The monoisotopic (exact) mass is 386 g/mol. The van der Waals surface area contributed by atoms with Crippen LogP contribution in [0, 0.1) is 0 Å². The van der Waals surface area contributed by atoms with Gasteiger partial charge in [0.1, 0.15) is 18.0 Å². The number of nitrogens with one attached hydrogen (secondary N) is 1. The molecule has 24 heavy (non-hydrogen) atoms. The second kappa shape index (κ2) is 7.09. The normalized spacial score (nSPS) is 18.3. The molecule has 0 saturated heterocycles. The molecule has 1 saturated carbocycles. The topological polar surface area (TPSA) is 41.0 Å². The molecule has 2 aromatic rings. The highest BCUT2D eigenvalue weighted by molar-refractivity contribution is 9.10. The van der Waals surface area contributed by atoms with Gasteiger partial charge in [-0.3, -0.25) is 0 Å². The summed E-state index contributed by atoms with van der Waals surface area (Å²) in [6.07, 6.45) is 9.29. The van der Waals surface area contributed by atoms with Crippen LogP contribution in [-0.2, 0) is 13.0 Å². The van der Waals surface area contributed by atoms with Gasteiger partial charge in [-0.1, -0.05) is 41.3 Å². The van der Waals surface area contributed by atoms with E-state index in [1.165, 1.54) is 43.2 Å². The summed E-state index contributed by atoms with van der Waals surface area (Å²) < 4.78 is 1.14. The lowest BCUT2D eigenvalue weighted by Crippen LogP contribution is -2.31. The molecule has 0 atom stereocenters. The van der Waals surface area contributed by atoms with E-state index in [0.717, 1.165) is 35.6 Å². The van der Waals surface area contributed by atoms with Gasteiger partial charge in [-0.25, -0.2) is 9.97 Å². The molecule has 5 heteroatoms. The fourth-order valence-corrected chi connectivity index (χ4v) is 4.18. The zero-order chi connectivity index (χ0) is 16.4.